The second-order valence-corrected chi connectivity index (χ2v) is 2.89. The number of hydrogen-bond acceptors (Lipinski definition) is 2. The maximum atomic E-state index is 12.0. The van der Waals surface area contributed by atoms with Crippen LogP contribution in [0.4, 0.5) is 13.2 Å². The molecule has 1 rings (SSSR count). The van der Waals surface area contributed by atoms with E-state index in [1.54, 1.807) is 17.7 Å². The molecule has 1 N–H and O–H groups in total. The molecule has 3 nitrogen and oxygen atoms in total. The molecular formula is C8H11F3N2O. The van der Waals surface area contributed by atoms with Gasteiger partial charge in [-0.25, -0.2) is 4.98 Å². The van der Waals surface area contributed by atoms with Gasteiger partial charge in [0.15, 0.2) is 6.10 Å². The Morgan fingerprint density at radius 2 is 2.21 bits per heavy atom. The number of aliphatic hydroxyl groups is 1. The number of halogens is 3. The summed E-state index contributed by atoms with van der Waals surface area (Å²) in [5.41, 5.74) is 0. The van der Waals surface area contributed by atoms with E-state index in [9.17, 15) is 13.2 Å². The summed E-state index contributed by atoms with van der Waals surface area (Å²) in [7, 11) is 0. The molecule has 6 heteroatoms. The minimum Gasteiger partial charge on any atom is -0.383 e. The monoisotopic (exact) mass is 208 g/mol. The molecule has 1 aromatic heterocycles. The topological polar surface area (TPSA) is 38.0 Å². The molecule has 1 atom stereocenters. The summed E-state index contributed by atoms with van der Waals surface area (Å²) in [6.45, 7) is 2.34. The molecule has 0 radical (unpaired) electrons. The first-order valence-corrected chi connectivity index (χ1v) is 4.20. The van der Waals surface area contributed by atoms with E-state index < -0.39 is 18.7 Å². The summed E-state index contributed by atoms with van der Waals surface area (Å²) in [5, 5.41) is 8.80. The Balaban J connectivity index is 2.69. The van der Waals surface area contributed by atoms with E-state index in [0.29, 0.717) is 6.54 Å². The van der Waals surface area contributed by atoms with E-state index >= 15 is 0 Å². The minimum atomic E-state index is -4.58. The number of aromatic nitrogens is 2. The Hall–Kier alpha value is -1.04. The third-order valence-electron chi connectivity index (χ3n) is 1.90. The minimum absolute atomic E-state index is 0.248. The molecule has 1 unspecified atom stereocenters. The zero-order chi connectivity index (χ0) is 10.8. The molecule has 1 aromatic rings. The van der Waals surface area contributed by atoms with E-state index in [1.165, 1.54) is 6.20 Å². The standard InChI is InChI=1S/C8H11F3N2O/c1-2-13-4-3-12-7(13)5-6(14)8(9,10)11/h3-4,6,14H,2,5H2,1H3. The van der Waals surface area contributed by atoms with E-state index in [4.69, 9.17) is 5.11 Å². The van der Waals surface area contributed by atoms with Crippen LogP contribution in [0.15, 0.2) is 12.4 Å². The maximum Gasteiger partial charge on any atom is 0.414 e. The lowest BCUT2D eigenvalue weighted by molar-refractivity contribution is -0.203. The van der Waals surface area contributed by atoms with Crippen molar-refractivity contribution in [3.8, 4) is 0 Å². The summed E-state index contributed by atoms with van der Waals surface area (Å²) in [5.74, 6) is 0.248. The molecule has 0 aliphatic heterocycles. The van der Waals surface area contributed by atoms with Crippen molar-refractivity contribution in [2.45, 2.75) is 32.2 Å². The smallest absolute Gasteiger partial charge is 0.383 e. The normalized spacial score (nSPS) is 14.4. The molecule has 0 spiro atoms. The molecule has 0 fully saturated rings. The largest absolute Gasteiger partial charge is 0.414 e. The van der Waals surface area contributed by atoms with Crippen molar-refractivity contribution in [3.05, 3.63) is 18.2 Å². The fourth-order valence-electron chi connectivity index (χ4n) is 1.11. The summed E-state index contributed by atoms with van der Waals surface area (Å²) >= 11 is 0. The van der Waals surface area contributed by atoms with Crippen LogP contribution in [0.2, 0.25) is 0 Å². The third-order valence-corrected chi connectivity index (χ3v) is 1.90. The first kappa shape index (κ1) is 11.0. The number of rotatable bonds is 3. The Bertz CT molecular complexity index is 295. The van der Waals surface area contributed by atoms with Gasteiger partial charge in [-0.2, -0.15) is 13.2 Å². The molecule has 0 aliphatic carbocycles. The van der Waals surface area contributed by atoms with Gasteiger partial charge in [-0.1, -0.05) is 0 Å². The average molecular weight is 208 g/mol. The first-order chi connectivity index (χ1) is 6.45. The van der Waals surface area contributed by atoms with Crippen molar-refractivity contribution in [1.82, 2.24) is 9.55 Å². The predicted octanol–water partition coefficient (Wildman–Crippen LogP) is 1.37. The molecule has 80 valence electrons. The van der Waals surface area contributed by atoms with Gasteiger partial charge in [0, 0.05) is 25.4 Å². The van der Waals surface area contributed by atoms with Crippen LogP contribution < -0.4 is 0 Å². The number of nitrogens with zero attached hydrogens (tertiary/aromatic N) is 2. The van der Waals surface area contributed by atoms with Gasteiger partial charge in [0.1, 0.15) is 5.82 Å². The summed E-state index contributed by atoms with van der Waals surface area (Å²) in [4.78, 5) is 3.74. The van der Waals surface area contributed by atoms with E-state index in [2.05, 4.69) is 4.98 Å². The summed E-state index contributed by atoms with van der Waals surface area (Å²) in [6.07, 6.45) is -4.41. The van der Waals surface area contributed by atoms with E-state index in [0.717, 1.165) is 0 Å². The highest BCUT2D eigenvalue weighted by Crippen LogP contribution is 2.22. The second kappa shape index (κ2) is 4.00. The van der Waals surface area contributed by atoms with Crippen LogP contribution in [0, 0.1) is 0 Å². The van der Waals surface area contributed by atoms with Gasteiger partial charge < -0.3 is 9.67 Å². The third kappa shape index (κ3) is 2.47. The zero-order valence-electron chi connectivity index (χ0n) is 7.62. The molecule has 0 aliphatic rings. The number of hydrogen-bond donors (Lipinski definition) is 1. The Kier molecular flexibility index (Phi) is 3.15. The van der Waals surface area contributed by atoms with Gasteiger partial charge in [-0.3, -0.25) is 0 Å². The van der Waals surface area contributed by atoms with Crippen molar-refractivity contribution in [3.63, 3.8) is 0 Å². The quantitative estimate of drug-likeness (QED) is 0.814. The molecule has 0 amide bonds. The molecule has 0 bridgehead atoms. The molecule has 0 aromatic carbocycles. The van der Waals surface area contributed by atoms with Crippen molar-refractivity contribution in [1.29, 1.82) is 0 Å². The van der Waals surface area contributed by atoms with Crippen LogP contribution in [0.1, 0.15) is 12.7 Å². The van der Waals surface area contributed by atoms with Crippen molar-refractivity contribution < 1.29 is 18.3 Å². The van der Waals surface area contributed by atoms with Crippen LogP contribution in [0.25, 0.3) is 0 Å². The highest BCUT2D eigenvalue weighted by atomic mass is 19.4. The molecular weight excluding hydrogens is 197 g/mol. The van der Waals surface area contributed by atoms with Gasteiger partial charge in [0.05, 0.1) is 0 Å². The highest BCUT2D eigenvalue weighted by molar-refractivity contribution is 4.95. The zero-order valence-corrected chi connectivity index (χ0v) is 7.62. The summed E-state index contributed by atoms with van der Waals surface area (Å²) < 4.78 is 37.5. The average Bonchev–Trinajstić information content (AvgIpc) is 2.50. The molecule has 0 saturated carbocycles. The number of aryl methyl sites for hydroxylation is 1. The van der Waals surface area contributed by atoms with Crippen LogP contribution in [0.3, 0.4) is 0 Å². The van der Waals surface area contributed by atoms with Crippen LogP contribution >= 0.6 is 0 Å². The molecule has 0 saturated heterocycles. The van der Waals surface area contributed by atoms with E-state index in [1.807, 2.05) is 0 Å². The predicted molar refractivity (Wildman–Crippen MR) is 43.7 cm³/mol. The lowest BCUT2D eigenvalue weighted by atomic mass is 10.2. The lowest BCUT2D eigenvalue weighted by Gasteiger charge is -2.14. The van der Waals surface area contributed by atoms with Gasteiger partial charge in [-0.15, -0.1) is 0 Å². The van der Waals surface area contributed by atoms with Gasteiger partial charge in [-0.05, 0) is 6.92 Å². The van der Waals surface area contributed by atoms with Crippen molar-refractivity contribution >= 4 is 0 Å². The Labute approximate surface area is 79.2 Å². The van der Waals surface area contributed by atoms with E-state index in [-0.39, 0.29) is 5.82 Å². The Morgan fingerprint density at radius 3 is 2.71 bits per heavy atom. The fourth-order valence-corrected chi connectivity index (χ4v) is 1.11. The Morgan fingerprint density at radius 1 is 1.57 bits per heavy atom. The highest BCUT2D eigenvalue weighted by Gasteiger charge is 2.38. The lowest BCUT2D eigenvalue weighted by Crippen LogP contribution is -2.31. The first-order valence-electron chi connectivity index (χ1n) is 4.20. The van der Waals surface area contributed by atoms with Crippen molar-refractivity contribution in [2.24, 2.45) is 0 Å². The molecule has 1 heterocycles. The second-order valence-electron chi connectivity index (χ2n) is 2.89. The van der Waals surface area contributed by atoms with Crippen LogP contribution in [0.5, 0.6) is 0 Å². The van der Waals surface area contributed by atoms with Crippen LogP contribution in [-0.4, -0.2) is 26.9 Å². The number of aliphatic hydroxyl groups excluding tert-OH is 1. The fraction of sp³-hybridized carbons (Fsp3) is 0.625. The summed E-state index contributed by atoms with van der Waals surface area (Å²) in [6, 6.07) is 0. The SMILES string of the molecule is CCn1ccnc1CC(O)C(F)(F)F. The number of alkyl halides is 3. The molecule has 14 heavy (non-hydrogen) atoms. The van der Waals surface area contributed by atoms with Gasteiger partial charge >= 0.3 is 6.18 Å². The van der Waals surface area contributed by atoms with Crippen LogP contribution in [-0.2, 0) is 13.0 Å². The van der Waals surface area contributed by atoms with Gasteiger partial charge in [0.25, 0.3) is 0 Å². The van der Waals surface area contributed by atoms with Crippen molar-refractivity contribution in [2.75, 3.05) is 0 Å². The van der Waals surface area contributed by atoms with Gasteiger partial charge in [0.2, 0.25) is 0 Å². The number of imidazole rings is 1. The maximum absolute atomic E-state index is 12.0.